The lowest BCUT2D eigenvalue weighted by Gasteiger charge is -2.21. The fraction of sp³-hybridized carbons (Fsp3) is 0.429. The molecular weight excluding hydrogens is 298 g/mol. The van der Waals surface area contributed by atoms with Gasteiger partial charge in [0.1, 0.15) is 5.75 Å². The molecule has 24 heavy (non-hydrogen) atoms. The molecule has 1 aliphatic carbocycles. The average Bonchev–Trinajstić information content (AvgIpc) is 3.00. The second kappa shape index (κ2) is 7.37. The molecule has 0 amide bonds. The molecule has 3 rings (SSSR count). The molecule has 3 N–H and O–H groups in total. The van der Waals surface area contributed by atoms with Gasteiger partial charge in [-0.25, -0.2) is 0 Å². The SMILES string of the molecule is Cc1ccc(CCOc2ccc([C@@H]3CC[C@@](N)(CO)C3)cc2)cc1. The third-order valence-corrected chi connectivity index (χ3v) is 5.09. The van der Waals surface area contributed by atoms with Crippen molar-refractivity contribution in [1.29, 1.82) is 0 Å². The van der Waals surface area contributed by atoms with Gasteiger partial charge in [0.25, 0.3) is 0 Å². The molecule has 3 nitrogen and oxygen atoms in total. The summed E-state index contributed by atoms with van der Waals surface area (Å²) < 4.78 is 5.86. The fourth-order valence-corrected chi connectivity index (χ4v) is 3.46. The zero-order valence-corrected chi connectivity index (χ0v) is 14.4. The predicted molar refractivity (Wildman–Crippen MR) is 97.4 cm³/mol. The molecular formula is C21H27NO2. The zero-order chi connectivity index (χ0) is 17.0. The number of benzene rings is 2. The number of hydrogen-bond donors (Lipinski definition) is 2. The van der Waals surface area contributed by atoms with E-state index in [1.165, 1.54) is 16.7 Å². The molecule has 1 saturated carbocycles. The van der Waals surface area contributed by atoms with E-state index in [0.717, 1.165) is 31.4 Å². The summed E-state index contributed by atoms with van der Waals surface area (Å²) in [6.45, 7) is 2.85. The molecule has 0 saturated heterocycles. The highest BCUT2D eigenvalue weighted by Gasteiger charge is 2.35. The van der Waals surface area contributed by atoms with Crippen molar-refractivity contribution in [3.8, 4) is 5.75 Å². The fourth-order valence-electron chi connectivity index (χ4n) is 3.46. The minimum Gasteiger partial charge on any atom is -0.493 e. The molecule has 0 radical (unpaired) electrons. The lowest BCUT2D eigenvalue weighted by molar-refractivity contribution is 0.198. The summed E-state index contributed by atoms with van der Waals surface area (Å²) in [5, 5.41) is 9.40. The lowest BCUT2D eigenvalue weighted by Crippen LogP contribution is -2.40. The Bertz CT molecular complexity index is 651. The molecule has 0 bridgehead atoms. The minimum atomic E-state index is -0.395. The van der Waals surface area contributed by atoms with Crippen molar-refractivity contribution in [3.05, 3.63) is 65.2 Å². The van der Waals surface area contributed by atoms with Gasteiger partial charge < -0.3 is 15.6 Å². The Morgan fingerprint density at radius 1 is 1.12 bits per heavy atom. The molecule has 0 aromatic heterocycles. The third kappa shape index (κ3) is 4.16. The van der Waals surface area contributed by atoms with Crippen molar-refractivity contribution in [2.24, 2.45) is 5.73 Å². The number of ether oxygens (including phenoxy) is 1. The van der Waals surface area contributed by atoms with Crippen LogP contribution in [0.4, 0.5) is 0 Å². The Morgan fingerprint density at radius 3 is 2.46 bits per heavy atom. The van der Waals surface area contributed by atoms with E-state index in [-0.39, 0.29) is 6.61 Å². The minimum absolute atomic E-state index is 0.0731. The van der Waals surface area contributed by atoms with E-state index in [2.05, 4.69) is 43.3 Å². The van der Waals surface area contributed by atoms with E-state index >= 15 is 0 Å². The quantitative estimate of drug-likeness (QED) is 0.853. The van der Waals surface area contributed by atoms with Gasteiger partial charge in [0.05, 0.1) is 13.2 Å². The first-order chi connectivity index (χ1) is 11.6. The molecule has 0 heterocycles. The van der Waals surface area contributed by atoms with Gasteiger partial charge in [0, 0.05) is 12.0 Å². The van der Waals surface area contributed by atoms with Gasteiger partial charge in [-0.1, -0.05) is 42.0 Å². The summed E-state index contributed by atoms with van der Waals surface area (Å²) in [5.41, 5.74) is 9.65. The highest BCUT2D eigenvalue weighted by molar-refractivity contribution is 5.31. The van der Waals surface area contributed by atoms with Gasteiger partial charge >= 0.3 is 0 Å². The maximum Gasteiger partial charge on any atom is 0.119 e. The third-order valence-electron chi connectivity index (χ3n) is 5.09. The van der Waals surface area contributed by atoms with Crippen LogP contribution >= 0.6 is 0 Å². The summed E-state index contributed by atoms with van der Waals surface area (Å²) >= 11 is 0. The first kappa shape index (κ1) is 17.0. The molecule has 2 aromatic rings. The molecule has 2 aromatic carbocycles. The van der Waals surface area contributed by atoms with Crippen molar-refractivity contribution in [2.75, 3.05) is 13.2 Å². The van der Waals surface area contributed by atoms with Crippen LogP contribution in [0.3, 0.4) is 0 Å². The monoisotopic (exact) mass is 325 g/mol. The molecule has 1 aliphatic rings. The number of rotatable bonds is 6. The van der Waals surface area contributed by atoms with Gasteiger partial charge in [0.15, 0.2) is 0 Å². The summed E-state index contributed by atoms with van der Waals surface area (Å²) in [6, 6.07) is 16.9. The Kier molecular flexibility index (Phi) is 5.22. The van der Waals surface area contributed by atoms with Crippen LogP contribution in [-0.4, -0.2) is 23.9 Å². The normalized spacial score (nSPS) is 23.4. The smallest absolute Gasteiger partial charge is 0.119 e. The maximum atomic E-state index is 9.40. The van der Waals surface area contributed by atoms with E-state index in [4.69, 9.17) is 10.5 Å². The first-order valence-corrected chi connectivity index (χ1v) is 8.76. The van der Waals surface area contributed by atoms with E-state index in [0.29, 0.717) is 12.5 Å². The molecule has 2 atom stereocenters. The molecule has 0 spiro atoms. The number of aliphatic hydroxyl groups is 1. The van der Waals surface area contributed by atoms with E-state index in [1.54, 1.807) is 0 Å². The summed E-state index contributed by atoms with van der Waals surface area (Å²) in [6.07, 6.45) is 3.71. The van der Waals surface area contributed by atoms with E-state index in [1.807, 2.05) is 12.1 Å². The lowest BCUT2D eigenvalue weighted by atomic mass is 9.94. The zero-order valence-electron chi connectivity index (χ0n) is 14.4. The molecule has 1 fully saturated rings. The molecule has 0 aliphatic heterocycles. The Labute approximate surface area is 144 Å². The number of aryl methyl sites for hydroxylation is 1. The van der Waals surface area contributed by atoms with Crippen LogP contribution in [-0.2, 0) is 6.42 Å². The predicted octanol–water partition coefficient (Wildman–Crippen LogP) is 3.57. The van der Waals surface area contributed by atoms with Gasteiger partial charge in [-0.3, -0.25) is 0 Å². The number of hydrogen-bond acceptors (Lipinski definition) is 3. The van der Waals surface area contributed by atoms with Crippen LogP contribution < -0.4 is 10.5 Å². The van der Waals surface area contributed by atoms with Crippen molar-refractivity contribution in [1.82, 2.24) is 0 Å². The summed E-state index contributed by atoms with van der Waals surface area (Å²) in [5.74, 6) is 1.36. The van der Waals surface area contributed by atoms with Crippen molar-refractivity contribution in [3.63, 3.8) is 0 Å². The van der Waals surface area contributed by atoms with Gasteiger partial charge in [-0.2, -0.15) is 0 Å². The van der Waals surface area contributed by atoms with Crippen LogP contribution in [0.2, 0.25) is 0 Å². The van der Waals surface area contributed by atoms with Crippen molar-refractivity contribution >= 4 is 0 Å². The number of aliphatic hydroxyl groups excluding tert-OH is 1. The van der Waals surface area contributed by atoms with Gasteiger partial charge in [-0.05, 0) is 55.4 Å². The van der Waals surface area contributed by atoms with Crippen LogP contribution in [0, 0.1) is 6.92 Å². The molecule has 3 heteroatoms. The van der Waals surface area contributed by atoms with Crippen LogP contribution in [0.25, 0.3) is 0 Å². The van der Waals surface area contributed by atoms with Gasteiger partial charge in [0.2, 0.25) is 0 Å². The summed E-state index contributed by atoms with van der Waals surface area (Å²) in [7, 11) is 0. The Hall–Kier alpha value is -1.84. The van der Waals surface area contributed by atoms with Crippen molar-refractivity contribution in [2.45, 2.75) is 44.1 Å². The highest BCUT2D eigenvalue weighted by Crippen LogP contribution is 2.39. The second-order valence-corrected chi connectivity index (χ2v) is 7.11. The summed E-state index contributed by atoms with van der Waals surface area (Å²) in [4.78, 5) is 0. The Balaban J connectivity index is 1.51. The number of nitrogens with two attached hydrogens (primary N) is 1. The Morgan fingerprint density at radius 2 is 1.83 bits per heavy atom. The highest BCUT2D eigenvalue weighted by atomic mass is 16.5. The molecule has 0 unspecified atom stereocenters. The van der Waals surface area contributed by atoms with Gasteiger partial charge in [-0.15, -0.1) is 0 Å². The van der Waals surface area contributed by atoms with Crippen molar-refractivity contribution < 1.29 is 9.84 Å². The standard InChI is InChI=1S/C21H27NO2/c1-16-2-4-17(5-3-16)11-13-24-20-8-6-18(7-9-20)19-10-12-21(22,14-19)15-23/h2-9,19,23H,10-15,22H2,1H3/t19-,21+/m1/s1. The maximum absolute atomic E-state index is 9.40. The first-order valence-electron chi connectivity index (χ1n) is 8.76. The van der Waals surface area contributed by atoms with Crippen LogP contribution in [0.15, 0.2) is 48.5 Å². The van der Waals surface area contributed by atoms with Crippen LogP contribution in [0.1, 0.15) is 41.9 Å². The van der Waals surface area contributed by atoms with Crippen LogP contribution in [0.5, 0.6) is 5.75 Å². The van der Waals surface area contributed by atoms with E-state index < -0.39 is 5.54 Å². The van der Waals surface area contributed by atoms with E-state index in [9.17, 15) is 5.11 Å². The second-order valence-electron chi connectivity index (χ2n) is 7.11. The topological polar surface area (TPSA) is 55.5 Å². The average molecular weight is 325 g/mol. The largest absolute Gasteiger partial charge is 0.493 e. The molecule has 128 valence electrons.